The van der Waals surface area contributed by atoms with E-state index in [0.717, 1.165) is 0 Å². The molecule has 0 heterocycles. The number of rotatable bonds is 0. The van der Waals surface area contributed by atoms with Crippen molar-refractivity contribution in [1.82, 2.24) is 0 Å². The second kappa shape index (κ2) is 2.07. The van der Waals surface area contributed by atoms with Gasteiger partial charge in [-0.25, -0.2) is 0 Å². The van der Waals surface area contributed by atoms with Gasteiger partial charge in [0.15, 0.2) is 0 Å². The summed E-state index contributed by atoms with van der Waals surface area (Å²) in [6.45, 7) is 0. The molecule has 0 fully saturated rings. The first-order valence-corrected chi connectivity index (χ1v) is 12.9. The van der Waals surface area contributed by atoms with Crippen LogP contribution in [0.5, 0.6) is 0 Å². The Bertz CT molecular complexity index is 22.4. The minimum atomic E-state index is -2.01. The predicted octanol–water partition coefficient (Wildman–Crippen LogP) is 0.504. The van der Waals surface area contributed by atoms with Gasteiger partial charge in [0.05, 0.1) is 0 Å². The zero-order chi connectivity index (χ0) is 4.50. The molecule has 0 N–H and O–H groups in total. The van der Waals surface area contributed by atoms with Gasteiger partial charge in [-0.3, -0.25) is 0 Å². The van der Waals surface area contributed by atoms with Gasteiger partial charge in [-0.05, 0) is 0 Å². The van der Waals surface area contributed by atoms with Crippen LogP contribution in [0.25, 0.3) is 0 Å². The van der Waals surface area contributed by atoms with E-state index >= 15 is 0 Å². The second-order valence-electron chi connectivity index (χ2n) is 0.781. The van der Waals surface area contributed by atoms with Gasteiger partial charge in [0.2, 0.25) is 0 Å². The Morgan fingerprint density at radius 1 is 1.20 bits per heavy atom. The first-order chi connectivity index (χ1) is 2.00. The summed E-state index contributed by atoms with van der Waals surface area (Å²) in [6.07, 6.45) is 0. The van der Waals surface area contributed by atoms with E-state index in [-0.39, 0.29) is 0 Å². The molecule has 0 bridgehead atoms. The molecule has 0 aliphatic heterocycles. The first-order valence-electron chi connectivity index (χ1n) is 1.07. The molecule has 0 spiro atoms. The summed E-state index contributed by atoms with van der Waals surface area (Å²) in [5, 5.41) is 0. The van der Waals surface area contributed by atoms with Crippen LogP contribution < -0.4 is 0 Å². The van der Waals surface area contributed by atoms with Crippen LogP contribution in [0.1, 0.15) is 0 Å². The zero-order valence-corrected chi connectivity index (χ0v) is 10.1. The Hall–Kier alpha value is 1.63. The summed E-state index contributed by atoms with van der Waals surface area (Å²) >= 11 is 16.3. The molecule has 0 saturated carbocycles. The summed E-state index contributed by atoms with van der Waals surface area (Å²) in [4.78, 5) is 0. The fraction of sp³-hybridized carbons (Fsp3) is 0. The summed E-state index contributed by atoms with van der Waals surface area (Å²) in [7, 11) is 0. The van der Waals surface area contributed by atoms with E-state index in [2.05, 4.69) is 0 Å². The maximum atomic E-state index is 5.28. The Morgan fingerprint density at radius 3 is 1.20 bits per heavy atom. The molecule has 0 aromatic rings. The quantitative estimate of drug-likeness (QED) is 0.403. The van der Waals surface area contributed by atoms with Crippen molar-refractivity contribution in [2.75, 3.05) is 0 Å². The molecule has 0 atom stereocenters. The van der Waals surface area contributed by atoms with Gasteiger partial charge in [-0.2, -0.15) is 0 Å². The molecule has 5 heteroatoms. The first kappa shape index (κ1) is 6.63. The van der Waals surface area contributed by atoms with Crippen LogP contribution in [0.15, 0.2) is 0 Å². The van der Waals surface area contributed by atoms with Crippen molar-refractivity contribution in [3.05, 3.63) is 0 Å². The van der Waals surface area contributed by atoms with E-state index in [1.54, 1.807) is 0 Å². The van der Waals surface area contributed by atoms with Gasteiger partial charge in [0, 0.05) is 0 Å². The molecule has 0 saturated heterocycles. The van der Waals surface area contributed by atoms with Crippen molar-refractivity contribution >= 4 is 53.6 Å². The van der Waals surface area contributed by atoms with Crippen molar-refractivity contribution < 1.29 is 0 Å². The summed E-state index contributed by atoms with van der Waals surface area (Å²) < 4.78 is -2.01. The summed E-state index contributed by atoms with van der Waals surface area (Å²) in [5.74, 6) is 0. The van der Waals surface area contributed by atoms with E-state index in [4.69, 9.17) is 33.2 Å². The molecule has 32 valence electrons. The zero-order valence-electron chi connectivity index (χ0n) is 2.63. The normalized spacial score (nSPS) is 12.6. The van der Waals surface area contributed by atoms with Gasteiger partial charge in [0.1, 0.15) is 0 Å². The van der Waals surface area contributed by atoms with Gasteiger partial charge >= 0.3 is 53.6 Å². The molecule has 0 amide bonds. The minimum absolute atomic E-state index is 0.435. The third kappa shape index (κ3) is 27.9. The van der Waals surface area contributed by atoms with Crippen molar-refractivity contribution in [2.24, 2.45) is 0 Å². The van der Waals surface area contributed by atoms with Crippen LogP contribution in [0, 0.1) is 0 Å². The number of hydrogen-bond donors (Lipinski definition) is 0. The molecule has 0 aromatic heterocycles. The predicted molar refractivity (Wildman–Crippen MR) is 33.3 cm³/mol. The van der Waals surface area contributed by atoms with E-state index in [1.807, 2.05) is 0 Å². The van der Waals surface area contributed by atoms with Crippen LogP contribution in [0.3, 0.4) is 0 Å². The number of hydrogen-bond acceptors (Lipinski definition) is 0. The van der Waals surface area contributed by atoms with Crippen LogP contribution in [0.2, 0.25) is 0 Å². The van der Waals surface area contributed by atoms with E-state index in [1.165, 1.54) is 0 Å². The maximum absolute atomic E-state index is 5.28. The molecule has 0 radical (unpaired) electrons. The fourth-order valence-electron chi connectivity index (χ4n) is 0. The molecular formula is H3Cl3GeSi. The van der Waals surface area contributed by atoms with Crippen molar-refractivity contribution in [3.8, 4) is 0 Å². The summed E-state index contributed by atoms with van der Waals surface area (Å²) in [6, 6.07) is 0. The Morgan fingerprint density at radius 2 is 1.20 bits per heavy atom. The van der Waals surface area contributed by atoms with E-state index < -0.39 is 4.53 Å². The van der Waals surface area contributed by atoms with Crippen molar-refractivity contribution in [2.45, 2.75) is 0 Å². The monoisotopic (exact) mass is 210 g/mol. The van der Waals surface area contributed by atoms with Gasteiger partial charge < -0.3 is 0 Å². The van der Waals surface area contributed by atoms with Crippen LogP contribution in [0.4, 0.5) is 0 Å². The molecule has 0 unspecified atom stereocenters. The molecule has 0 rings (SSSR count). The van der Waals surface area contributed by atoms with E-state index in [0.29, 0.717) is 15.9 Å². The van der Waals surface area contributed by atoms with Crippen LogP contribution >= 0.6 is 33.2 Å². The van der Waals surface area contributed by atoms with Gasteiger partial charge in [0.25, 0.3) is 0 Å². The van der Waals surface area contributed by atoms with Gasteiger partial charge in [-0.15, -0.1) is 0 Å². The molecule has 0 aliphatic rings. The van der Waals surface area contributed by atoms with Gasteiger partial charge in [-0.1, -0.05) is 0 Å². The topological polar surface area (TPSA) is 0 Å². The third-order valence-corrected chi connectivity index (χ3v) is 0. The van der Waals surface area contributed by atoms with Crippen molar-refractivity contribution in [1.29, 1.82) is 0 Å². The average Bonchev–Trinajstić information content (AvgIpc) is 0.722. The average molecular weight is 210 g/mol. The standard InChI is InChI=1S/Cl3GeH3Si/c1-5(2,3)4/h4H3. The van der Waals surface area contributed by atoms with Crippen LogP contribution in [-0.2, 0) is 0 Å². The fourth-order valence-corrected chi connectivity index (χ4v) is 0. The number of halogens is 3. The molecule has 5 heavy (non-hydrogen) atoms. The van der Waals surface area contributed by atoms with E-state index in [9.17, 15) is 0 Å². The SMILES string of the molecule is Cl[Si](Cl)(Cl)[GeH3]. The van der Waals surface area contributed by atoms with Crippen LogP contribution in [-0.4, -0.2) is 20.4 Å². The molecule has 0 nitrogen and oxygen atoms in total. The Labute approximate surface area is 53.5 Å². The van der Waals surface area contributed by atoms with Crippen molar-refractivity contribution in [3.63, 3.8) is 0 Å². The molecule has 0 aromatic carbocycles. The molecule has 0 aliphatic carbocycles. The third-order valence-electron chi connectivity index (χ3n) is 0. The molecular weight excluding hydrogens is 207 g/mol. The Kier molecular flexibility index (Phi) is 2.75. The Balaban J connectivity index is 3.02. The summed E-state index contributed by atoms with van der Waals surface area (Å²) in [5.41, 5.74) is 0. The second-order valence-corrected chi connectivity index (χ2v) is 32.3.